The Morgan fingerprint density at radius 2 is 1.93 bits per heavy atom. The zero-order chi connectivity index (χ0) is 21.7. The molecule has 1 N–H and O–H groups in total. The Bertz CT molecular complexity index is 1000. The number of hydrogen-bond donors (Lipinski definition) is 1. The molecule has 0 atom stereocenters. The minimum atomic E-state index is -0.491. The Morgan fingerprint density at radius 3 is 2.60 bits per heavy atom. The second-order valence-corrected chi connectivity index (χ2v) is 7.63. The Balaban J connectivity index is 1.67. The first-order valence-electron chi connectivity index (χ1n) is 9.75. The van der Waals surface area contributed by atoms with Crippen molar-refractivity contribution in [2.75, 3.05) is 43.5 Å². The molecule has 0 saturated carbocycles. The lowest BCUT2D eigenvalue weighted by Gasteiger charge is -2.36. The zero-order valence-corrected chi connectivity index (χ0v) is 18.2. The number of hydrogen-bond acceptors (Lipinski definition) is 5. The standard InChI is InChI=1S/C23H25ClN4O2/c1-16-5-4-6-21(17(16)2)28-11-9-27(10-12-28)15-18(14-25)23(29)26-20-13-19(24)7-8-22(20)30-3/h4-8,13,15H,9-12H2,1-3H3,(H,26,29)/b18-15-. The molecule has 1 amide bonds. The summed E-state index contributed by atoms with van der Waals surface area (Å²) in [5.74, 6) is -0.0118. The number of rotatable bonds is 5. The smallest absolute Gasteiger partial charge is 0.267 e. The number of methoxy groups -OCH3 is 1. The summed E-state index contributed by atoms with van der Waals surface area (Å²) in [6.45, 7) is 7.36. The van der Waals surface area contributed by atoms with Gasteiger partial charge in [-0.3, -0.25) is 4.79 Å². The molecule has 7 heteroatoms. The van der Waals surface area contributed by atoms with E-state index in [1.54, 1.807) is 24.4 Å². The molecule has 1 saturated heterocycles. The van der Waals surface area contributed by atoms with Gasteiger partial charge in [0.05, 0.1) is 12.8 Å². The molecule has 2 aromatic carbocycles. The normalized spacial score (nSPS) is 14.3. The molecule has 0 aliphatic carbocycles. The number of nitrogens with zero attached hydrogens (tertiary/aromatic N) is 3. The van der Waals surface area contributed by atoms with Crippen LogP contribution in [0, 0.1) is 25.2 Å². The van der Waals surface area contributed by atoms with Gasteiger partial charge in [-0.2, -0.15) is 5.26 Å². The second-order valence-electron chi connectivity index (χ2n) is 7.20. The summed E-state index contributed by atoms with van der Waals surface area (Å²) in [7, 11) is 1.51. The van der Waals surface area contributed by atoms with Gasteiger partial charge in [0.2, 0.25) is 0 Å². The van der Waals surface area contributed by atoms with Crippen LogP contribution < -0.4 is 15.0 Å². The van der Waals surface area contributed by atoms with Crippen LogP contribution in [0.4, 0.5) is 11.4 Å². The van der Waals surface area contributed by atoms with Crippen LogP contribution in [0.15, 0.2) is 48.2 Å². The van der Waals surface area contributed by atoms with Crippen molar-refractivity contribution in [3.8, 4) is 11.8 Å². The lowest BCUT2D eigenvalue weighted by Crippen LogP contribution is -2.44. The topological polar surface area (TPSA) is 68.6 Å². The van der Waals surface area contributed by atoms with E-state index in [2.05, 4.69) is 42.3 Å². The van der Waals surface area contributed by atoms with Gasteiger partial charge >= 0.3 is 0 Å². The van der Waals surface area contributed by atoms with Crippen molar-refractivity contribution in [1.29, 1.82) is 5.26 Å². The van der Waals surface area contributed by atoms with Gasteiger partial charge in [0.15, 0.2) is 0 Å². The average Bonchev–Trinajstić information content (AvgIpc) is 2.74. The summed E-state index contributed by atoms with van der Waals surface area (Å²) >= 11 is 6.01. The number of nitriles is 1. The molecule has 1 fully saturated rings. The molecule has 0 unspecified atom stereocenters. The van der Waals surface area contributed by atoms with E-state index in [1.165, 1.54) is 23.9 Å². The van der Waals surface area contributed by atoms with Crippen molar-refractivity contribution < 1.29 is 9.53 Å². The average molecular weight is 425 g/mol. The van der Waals surface area contributed by atoms with Gasteiger partial charge in [0, 0.05) is 43.1 Å². The van der Waals surface area contributed by atoms with Crippen molar-refractivity contribution in [3.63, 3.8) is 0 Å². The van der Waals surface area contributed by atoms with Crippen molar-refractivity contribution >= 4 is 28.9 Å². The highest BCUT2D eigenvalue weighted by molar-refractivity contribution is 6.31. The summed E-state index contributed by atoms with van der Waals surface area (Å²) in [6.07, 6.45) is 1.63. The number of amides is 1. The van der Waals surface area contributed by atoms with Gasteiger partial charge in [-0.15, -0.1) is 0 Å². The van der Waals surface area contributed by atoms with E-state index >= 15 is 0 Å². The van der Waals surface area contributed by atoms with Crippen LogP contribution in [-0.2, 0) is 4.79 Å². The summed E-state index contributed by atoms with van der Waals surface area (Å²) in [6, 6.07) is 13.3. The highest BCUT2D eigenvalue weighted by atomic mass is 35.5. The molecular weight excluding hydrogens is 400 g/mol. The van der Waals surface area contributed by atoms with Crippen molar-refractivity contribution in [2.24, 2.45) is 0 Å². The van der Waals surface area contributed by atoms with Crippen LogP contribution in [0.5, 0.6) is 5.75 Å². The molecule has 1 heterocycles. The molecule has 0 aromatic heterocycles. The van der Waals surface area contributed by atoms with Crippen LogP contribution in [0.25, 0.3) is 0 Å². The molecule has 156 valence electrons. The molecule has 30 heavy (non-hydrogen) atoms. The Hall–Kier alpha value is -3.17. The minimum absolute atomic E-state index is 0.0391. The van der Waals surface area contributed by atoms with Gasteiger partial charge in [-0.05, 0) is 49.2 Å². The highest BCUT2D eigenvalue weighted by Gasteiger charge is 2.19. The van der Waals surface area contributed by atoms with Crippen molar-refractivity contribution in [3.05, 3.63) is 64.3 Å². The fourth-order valence-corrected chi connectivity index (χ4v) is 3.63. The number of carbonyl (C=O) groups is 1. The monoisotopic (exact) mass is 424 g/mol. The van der Waals surface area contributed by atoms with Gasteiger partial charge < -0.3 is 19.9 Å². The maximum atomic E-state index is 12.6. The predicted octanol–water partition coefficient (Wildman–Crippen LogP) is 4.13. The first kappa shape index (κ1) is 21.5. The fourth-order valence-electron chi connectivity index (χ4n) is 3.46. The molecule has 3 rings (SSSR count). The number of piperazine rings is 1. The summed E-state index contributed by atoms with van der Waals surface area (Å²) in [5.41, 5.74) is 4.27. The van der Waals surface area contributed by atoms with Crippen LogP contribution in [0.2, 0.25) is 5.02 Å². The fraction of sp³-hybridized carbons (Fsp3) is 0.304. The van der Waals surface area contributed by atoms with E-state index in [9.17, 15) is 10.1 Å². The number of nitrogens with one attached hydrogen (secondary N) is 1. The van der Waals surface area contributed by atoms with Crippen LogP contribution in [0.3, 0.4) is 0 Å². The van der Waals surface area contributed by atoms with Gasteiger partial charge in [-0.1, -0.05) is 23.7 Å². The lowest BCUT2D eigenvalue weighted by molar-refractivity contribution is -0.112. The van der Waals surface area contributed by atoms with Crippen molar-refractivity contribution in [2.45, 2.75) is 13.8 Å². The maximum Gasteiger partial charge on any atom is 0.267 e. The number of carbonyl (C=O) groups excluding carboxylic acids is 1. The van der Waals surface area contributed by atoms with Gasteiger partial charge in [0.25, 0.3) is 5.91 Å². The molecule has 0 radical (unpaired) electrons. The molecule has 1 aliphatic rings. The first-order valence-corrected chi connectivity index (χ1v) is 10.1. The summed E-state index contributed by atoms with van der Waals surface area (Å²) < 4.78 is 5.24. The molecule has 1 aliphatic heterocycles. The molecule has 2 aromatic rings. The van der Waals surface area contributed by atoms with Crippen LogP contribution in [-0.4, -0.2) is 44.1 Å². The van der Waals surface area contributed by atoms with E-state index in [0.29, 0.717) is 16.5 Å². The Labute approximate surface area is 182 Å². The van der Waals surface area contributed by atoms with E-state index in [-0.39, 0.29) is 5.57 Å². The maximum absolute atomic E-state index is 12.6. The zero-order valence-electron chi connectivity index (χ0n) is 17.4. The first-order chi connectivity index (χ1) is 14.4. The third kappa shape index (κ3) is 4.87. The van der Waals surface area contributed by atoms with E-state index in [0.717, 1.165) is 26.2 Å². The van der Waals surface area contributed by atoms with Crippen LogP contribution in [0.1, 0.15) is 11.1 Å². The largest absolute Gasteiger partial charge is 0.495 e. The summed E-state index contributed by atoms with van der Waals surface area (Å²) in [4.78, 5) is 17.0. The summed E-state index contributed by atoms with van der Waals surface area (Å²) in [5, 5.41) is 12.7. The predicted molar refractivity (Wildman–Crippen MR) is 120 cm³/mol. The van der Waals surface area contributed by atoms with Crippen LogP contribution >= 0.6 is 11.6 Å². The number of benzene rings is 2. The second kappa shape index (κ2) is 9.55. The molecule has 0 bridgehead atoms. The number of ether oxygens (including phenoxy) is 1. The van der Waals surface area contributed by atoms with E-state index in [1.807, 2.05) is 11.0 Å². The Morgan fingerprint density at radius 1 is 1.20 bits per heavy atom. The van der Waals surface area contributed by atoms with Gasteiger partial charge in [0.1, 0.15) is 17.4 Å². The molecular formula is C23H25ClN4O2. The van der Waals surface area contributed by atoms with Crippen molar-refractivity contribution in [1.82, 2.24) is 4.90 Å². The Kier molecular flexibility index (Phi) is 6.86. The minimum Gasteiger partial charge on any atom is -0.495 e. The third-order valence-electron chi connectivity index (χ3n) is 5.32. The highest BCUT2D eigenvalue weighted by Crippen LogP contribution is 2.28. The third-order valence-corrected chi connectivity index (χ3v) is 5.55. The quantitative estimate of drug-likeness (QED) is 0.577. The van der Waals surface area contributed by atoms with Gasteiger partial charge in [-0.25, -0.2) is 0 Å². The number of anilines is 2. The van der Waals surface area contributed by atoms with E-state index in [4.69, 9.17) is 16.3 Å². The van der Waals surface area contributed by atoms with E-state index < -0.39 is 5.91 Å². The molecule has 0 spiro atoms. The number of aryl methyl sites for hydroxylation is 1. The lowest BCUT2D eigenvalue weighted by atomic mass is 10.1. The SMILES string of the molecule is COc1ccc(Cl)cc1NC(=O)/C(C#N)=C\N1CCN(c2cccc(C)c2C)CC1. The molecule has 6 nitrogen and oxygen atoms in total. The number of halogens is 1.